The van der Waals surface area contributed by atoms with Crippen LogP contribution in [0.2, 0.25) is 0 Å². The first-order chi connectivity index (χ1) is 10.2. The summed E-state index contributed by atoms with van der Waals surface area (Å²) >= 11 is 0. The summed E-state index contributed by atoms with van der Waals surface area (Å²) in [5.41, 5.74) is 0.930. The van der Waals surface area contributed by atoms with E-state index < -0.39 is 0 Å². The Morgan fingerprint density at radius 3 is 2.71 bits per heavy atom. The van der Waals surface area contributed by atoms with Gasteiger partial charge in [0, 0.05) is 25.8 Å². The third-order valence-electron chi connectivity index (χ3n) is 4.68. The van der Waals surface area contributed by atoms with Crippen molar-refractivity contribution < 1.29 is 4.74 Å². The number of nitrogens with zero attached hydrogens (tertiary/aromatic N) is 3. The van der Waals surface area contributed by atoms with E-state index in [1.807, 2.05) is 6.92 Å². The standard InChI is InChI=1S/C16H25N3O2/c1-13-2-3-16(20)19(17-13)11-14-4-7-18(8-5-14)10-15-6-9-21-12-15/h2-3,14-15H,4-12H2,1H3. The number of hydrogen-bond acceptors (Lipinski definition) is 4. The van der Waals surface area contributed by atoms with Gasteiger partial charge in [0.15, 0.2) is 0 Å². The van der Waals surface area contributed by atoms with Gasteiger partial charge in [-0.2, -0.15) is 5.10 Å². The van der Waals surface area contributed by atoms with Crippen LogP contribution in [0.4, 0.5) is 0 Å². The van der Waals surface area contributed by atoms with Gasteiger partial charge in [0.05, 0.1) is 12.3 Å². The monoisotopic (exact) mass is 291 g/mol. The van der Waals surface area contributed by atoms with Gasteiger partial charge in [-0.1, -0.05) is 0 Å². The summed E-state index contributed by atoms with van der Waals surface area (Å²) in [4.78, 5) is 14.4. The molecular weight excluding hydrogens is 266 g/mol. The molecule has 0 N–H and O–H groups in total. The van der Waals surface area contributed by atoms with Gasteiger partial charge in [0.1, 0.15) is 0 Å². The fourth-order valence-corrected chi connectivity index (χ4v) is 3.37. The molecule has 0 aromatic carbocycles. The molecular formula is C16H25N3O2. The number of likely N-dealkylation sites (tertiary alicyclic amines) is 1. The van der Waals surface area contributed by atoms with E-state index in [4.69, 9.17) is 4.74 Å². The Morgan fingerprint density at radius 2 is 2.00 bits per heavy atom. The zero-order valence-electron chi connectivity index (χ0n) is 12.8. The van der Waals surface area contributed by atoms with Crippen molar-refractivity contribution in [3.63, 3.8) is 0 Å². The SMILES string of the molecule is Cc1ccc(=O)n(CC2CCN(CC3CCOC3)CC2)n1. The van der Waals surface area contributed by atoms with Crippen molar-refractivity contribution in [2.75, 3.05) is 32.8 Å². The topological polar surface area (TPSA) is 47.4 Å². The zero-order chi connectivity index (χ0) is 14.7. The number of ether oxygens (including phenoxy) is 1. The second kappa shape index (κ2) is 6.71. The molecule has 1 atom stereocenters. The highest BCUT2D eigenvalue weighted by Crippen LogP contribution is 2.21. The fraction of sp³-hybridized carbons (Fsp3) is 0.750. The first-order valence-electron chi connectivity index (χ1n) is 8.05. The van der Waals surface area contributed by atoms with Crippen molar-refractivity contribution >= 4 is 0 Å². The van der Waals surface area contributed by atoms with Crippen molar-refractivity contribution in [3.05, 3.63) is 28.2 Å². The molecule has 1 unspecified atom stereocenters. The largest absolute Gasteiger partial charge is 0.381 e. The summed E-state index contributed by atoms with van der Waals surface area (Å²) < 4.78 is 7.09. The quantitative estimate of drug-likeness (QED) is 0.839. The minimum absolute atomic E-state index is 0.0196. The summed E-state index contributed by atoms with van der Waals surface area (Å²) in [7, 11) is 0. The van der Waals surface area contributed by atoms with Crippen LogP contribution in [-0.4, -0.2) is 47.5 Å². The average molecular weight is 291 g/mol. The molecule has 1 aromatic heterocycles. The van der Waals surface area contributed by atoms with Crippen LogP contribution in [0.5, 0.6) is 0 Å². The molecule has 3 heterocycles. The van der Waals surface area contributed by atoms with Gasteiger partial charge < -0.3 is 9.64 Å². The lowest BCUT2D eigenvalue weighted by molar-refractivity contribution is 0.134. The van der Waals surface area contributed by atoms with E-state index in [1.165, 1.54) is 13.0 Å². The maximum absolute atomic E-state index is 11.8. The Bertz CT molecular complexity index is 514. The van der Waals surface area contributed by atoms with Crippen LogP contribution in [0, 0.1) is 18.8 Å². The van der Waals surface area contributed by atoms with E-state index >= 15 is 0 Å². The molecule has 1 aromatic rings. The molecule has 2 saturated heterocycles. The van der Waals surface area contributed by atoms with E-state index in [1.54, 1.807) is 16.8 Å². The molecule has 0 bridgehead atoms. The van der Waals surface area contributed by atoms with Crippen molar-refractivity contribution in [1.29, 1.82) is 0 Å². The molecule has 0 amide bonds. The predicted octanol–water partition coefficient (Wildman–Crippen LogP) is 1.30. The van der Waals surface area contributed by atoms with Crippen LogP contribution in [0.15, 0.2) is 16.9 Å². The molecule has 5 heteroatoms. The summed E-state index contributed by atoms with van der Waals surface area (Å²) in [5, 5.41) is 4.34. The van der Waals surface area contributed by atoms with Gasteiger partial charge in [-0.3, -0.25) is 4.79 Å². The van der Waals surface area contributed by atoms with Gasteiger partial charge in [-0.05, 0) is 57.2 Å². The number of hydrogen-bond donors (Lipinski definition) is 0. The van der Waals surface area contributed by atoms with Crippen LogP contribution < -0.4 is 5.56 Å². The Labute approximate surface area is 125 Å². The summed E-state index contributed by atoms with van der Waals surface area (Å²) in [6.07, 6.45) is 3.54. The third-order valence-corrected chi connectivity index (χ3v) is 4.68. The minimum atomic E-state index is 0.0196. The number of aryl methyl sites for hydroxylation is 1. The van der Waals surface area contributed by atoms with Crippen LogP contribution in [0.1, 0.15) is 25.0 Å². The minimum Gasteiger partial charge on any atom is -0.381 e. The van der Waals surface area contributed by atoms with E-state index in [2.05, 4.69) is 10.00 Å². The predicted molar refractivity (Wildman–Crippen MR) is 81.3 cm³/mol. The maximum atomic E-state index is 11.8. The van der Waals surface area contributed by atoms with Crippen molar-refractivity contribution in [1.82, 2.24) is 14.7 Å². The molecule has 2 fully saturated rings. The first kappa shape index (κ1) is 14.7. The highest BCUT2D eigenvalue weighted by atomic mass is 16.5. The van der Waals surface area contributed by atoms with Gasteiger partial charge in [0.25, 0.3) is 5.56 Å². The van der Waals surface area contributed by atoms with Crippen LogP contribution >= 0.6 is 0 Å². The van der Waals surface area contributed by atoms with Gasteiger partial charge in [0.2, 0.25) is 0 Å². The highest BCUT2D eigenvalue weighted by molar-refractivity contribution is 4.97. The Morgan fingerprint density at radius 1 is 1.19 bits per heavy atom. The second-order valence-corrected chi connectivity index (χ2v) is 6.47. The van der Waals surface area contributed by atoms with Crippen molar-refractivity contribution in [3.8, 4) is 0 Å². The normalized spacial score (nSPS) is 24.5. The van der Waals surface area contributed by atoms with E-state index in [0.717, 1.165) is 57.3 Å². The molecule has 2 aliphatic heterocycles. The molecule has 0 saturated carbocycles. The Balaban J connectivity index is 1.49. The van der Waals surface area contributed by atoms with E-state index in [-0.39, 0.29) is 5.56 Å². The lowest BCUT2D eigenvalue weighted by Gasteiger charge is -2.33. The number of piperidine rings is 1. The summed E-state index contributed by atoms with van der Waals surface area (Å²) in [6, 6.07) is 3.41. The van der Waals surface area contributed by atoms with Crippen LogP contribution in [-0.2, 0) is 11.3 Å². The summed E-state index contributed by atoms with van der Waals surface area (Å²) in [6.45, 7) is 8.02. The number of aromatic nitrogens is 2. The van der Waals surface area contributed by atoms with E-state index in [9.17, 15) is 4.79 Å². The lowest BCUT2D eigenvalue weighted by atomic mass is 9.95. The third kappa shape index (κ3) is 3.92. The molecule has 21 heavy (non-hydrogen) atoms. The fourth-order valence-electron chi connectivity index (χ4n) is 3.37. The molecule has 5 nitrogen and oxygen atoms in total. The smallest absolute Gasteiger partial charge is 0.266 e. The van der Waals surface area contributed by atoms with Gasteiger partial charge >= 0.3 is 0 Å². The molecule has 0 aliphatic carbocycles. The average Bonchev–Trinajstić information content (AvgIpc) is 2.98. The van der Waals surface area contributed by atoms with Crippen LogP contribution in [0.25, 0.3) is 0 Å². The molecule has 3 rings (SSSR count). The Kier molecular flexibility index (Phi) is 4.70. The lowest BCUT2D eigenvalue weighted by Crippen LogP contribution is -2.39. The molecule has 0 spiro atoms. The highest BCUT2D eigenvalue weighted by Gasteiger charge is 2.24. The Hall–Kier alpha value is -1.20. The number of rotatable bonds is 4. The summed E-state index contributed by atoms with van der Waals surface area (Å²) in [5.74, 6) is 1.30. The maximum Gasteiger partial charge on any atom is 0.266 e. The van der Waals surface area contributed by atoms with Gasteiger partial charge in [-0.25, -0.2) is 4.68 Å². The molecule has 2 aliphatic rings. The van der Waals surface area contributed by atoms with Gasteiger partial charge in [-0.15, -0.1) is 0 Å². The molecule has 116 valence electrons. The van der Waals surface area contributed by atoms with Crippen molar-refractivity contribution in [2.45, 2.75) is 32.7 Å². The van der Waals surface area contributed by atoms with Crippen molar-refractivity contribution in [2.24, 2.45) is 11.8 Å². The van der Waals surface area contributed by atoms with Crippen LogP contribution in [0.3, 0.4) is 0 Å². The second-order valence-electron chi connectivity index (χ2n) is 6.47. The molecule has 0 radical (unpaired) electrons. The first-order valence-corrected chi connectivity index (χ1v) is 8.05. The zero-order valence-corrected chi connectivity index (χ0v) is 12.8. The van der Waals surface area contributed by atoms with E-state index in [0.29, 0.717) is 5.92 Å².